The second-order valence-electron chi connectivity index (χ2n) is 6.52. The third kappa shape index (κ3) is 6.14. The molecule has 0 bridgehead atoms. The van der Waals surface area contributed by atoms with E-state index in [2.05, 4.69) is 10.6 Å². The Labute approximate surface area is 167 Å². The zero-order chi connectivity index (χ0) is 21.4. The van der Waals surface area contributed by atoms with Gasteiger partial charge in [0, 0.05) is 5.69 Å². The van der Waals surface area contributed by atoms with Crippen LogP contribution >= 0.6 is 0 Å². The van der Waals surface area contributed by atoms with Crippen molar-refractivity contribution in [3.8, 4) is 6.07 Å². The van der Waals surface area contributed by atoms with Gasteiger partial charge in [-0.15, -0.1) is 0 Å². The van der Waals surface area contributed by atoms with Crippen LogP contribution in [-0.2, 0) is 14.3 Å². The minimum atomic E-state index is -1.06. The number of amides is 2. The first-order valence-corrected chi connectivity index (χ1v) is 8.84. The average Bonchev–Trinajstić information content (AvgIpc) is 2.70. The van der Waals surface area contributed by atoms with Crippen LogP contribution in [0.25, 0.3) is 0 Å². The summed E-state index contributed by atoms with van der Waals surface area (Å²) in [5.74, 6) is -3.23. The van der Waals surface area contributed by atoms with Gasteiger partial charge in [-0.25, -0.2) is 9.18 Å². The Bertz CT molecular complexity index is 953. The predicted molar refractivity (Wildman–Crippen MR) is 103 cm³/mol. The Balaban J connectivity index is 1.95. The van der Waals surface area contributed by atoms with Crippen LogP contribution in [-0.4, -0.2) is 30.4 Å². The standard InChI is InChI=1S/C21H20FN3O4/c1-13(2)19(25-20(27)16-8-3-4-9-17(16)22)21(28)29-12-18(26)24-15-7-5-6-14(10-15)11-23/h3-10,13,19H,12H2,1-2H3,(H,24,26)(H,25,27)/t19-/m0/s1. The number of nitrogens with zero attached hydrogens (tertiary/aromatic N) is 1. The maximum absolute atomic E-state index is 13.8. The van der Waals surface area contributed by atoms with Gasteiger partial charge in [0.1, 0.15) is 11.9 Å². The minimum Gasteiger partial charge on any atom is -0.454 e. The molecule has 0 unspecified atom stereocenters. The van der Waals surface area contributed by atoms with Crippen LogP contribution in [0, 0.1) is 23.1 Å². The molecule has 2 N–H and O–H groups in total. The normalized spacial score (nSPS) is 11.3. The van der Waals surface area contributed by atoms with Crippen molar-refractivity contribution in [2.45, 2.75) is 19.9 Å². The molecule has 0 heterocycles. The quantitative estimate of drug-likeness (QED) is 0.698. The molecule has 2 amide bonds. The maximum atomic E-state index is 13.8. The fraction of sp³-hybridized carbons (Fsp3) is 0.238. The van der Waals surface area contributed by atoms with Gasteiger partial charge >= 0.3 is 5.97 Å². The highest BCUT2D eigenvalue weighted by molar-refractivity contribution is 5.97. The van der Waals surface area contributed by atoms with E-state index >= 15 is 0 Å². The number of carbonyl (C=O) groups excluding carboxylic acids is 3. The van der Waals surface area contributed by atoms with E-state index in [0.29, 0.717) is 11.3 Å². The number of nitrogens with one attached hydrogen (secondary N) is 2. The van der Waals surface area contributed by atoms with E-state index < -0.39 is 36.2 Å². The number of ether oxygens (including phenoxy) is 1. The summed E-state index contributed by atoms with van der Waals surface area (Å²) in [4.78, 5) is 36.6. The van der Waals surface area contributed by atoms with E-state index in [4.69, 9.17) is 10.00 Å². The molecule has 150 valence electrons. The average molecular weight is 397 g/mol. The van der Waals surface area contributed by atoms with Crippen molar-refractivity contribution in [1.82, 2.24) is 5.32 Å². The molecule has 29 heavy (non-hydrogen) atoms. The second kappa shape index (κ2) is 9.99. The van der Waals surface area contributed by atoms with Gasteiger partial charge in [0.15, 0.2) is 6.61 Å². The minimum absolute atomic E-state index is 0.193. The van der Waals surface area contributed by atoms with Crippen LogP contribution in [0.1, 0.15) is 29.8 Å². The number of halogens is 1. The van der Waals surface area contributed by atoms with Gasteiger partial charge in [-0.1, -0.05) is 32.0 Å². The molecule has 2 aromatic rings. The molecule has 8 heteroatoms. The van der Waals surface area contributed by atoms with Crippen molar-refractivity contribution < 1.29 is 23.5 Å². The highest BCUT2D eigenvalue weighted by atomic mass is 19.1. The van der Waals surface area contributed by atoms with Crippen molar-refractivity contribution in [3.05, 3.63) is 65.5 Å². The van der Waals surface area contributed by atoms with Crippen molar-refractivity contribution >= 4 is 23.5 Å². The molecule has 0 fully saturated rings. The lowest BCUT2D eigenvalue weighted by molar-refractivity contribution is -0.150. The SMILES string of the molecule is CC(C)[C@H](NC(=O)c1ccccc1F)C(=O)OCC(=O)Nc1cccc(C#N)c1. The largest absolute Gasteiger partial charge is 0.454 e. The molecule has 0 radical (unpaired) electrons. The summed E-state index contributed by atoms with van der Waals surface area (Å²) in [6.45, 7) is 2.79. The number of nitriles is 1. The summed E-state index contributed by atoms with van der Waals surface area (Å²) in [5, 5.41) is 13.8. The molecule has 0 aliphatic heterocycles. The van der Waals surface area contributed by atoms with E-state index in [1.165, 1.54) is 24.3 Å². The zero-order valence-electron chi connectivity index (χ0n) is 15.9. The Hall–Kier alpha value is -3.73. The van der Waals surface area contributed by atoms with Gasteiger partial charge in [-0.2, -0.15) is 5.26 Å². The molecule has 0 spiro atoms. The number of rotatable bonds is 7. The topological polar surface area (TPSA) is 108 Å². The summed E-state index contributed by atoms with van der Waals surface area (Å²) in [7, 11) is 0. The fourth-order valence-corrected chi connectivity index (χ4v) is 2.45. The lowest BCUT2D eigenvalue weighted by atomic mass is 10.0. The first-order chi connectivity index (χ1) is 13.8. The van der Waals surface area contributed by atoms with Crippen LogP contribution in [0.5, 0.6) is 0 Å². The van der Waals surface area contributed by atoms with Crippen LogP contribution in [0.3, 0.4) is 0 Å². The highest BCUT2D eigenvalue weighted by Gasteiger charge is 2.27. The monoisotopic (exact) mass is 397 g/mol. The molecule has 2 aromatic carbocycles. The number of carbonyl (C=O) groups is 3. The first kappa shape index (κ1) is 21.6. The molecule has 0 aliphatic rings. The molecule has 2 rings (SSSR count). The summed E-state index contributed by atoms with van der Waals surface area (Å²) in [6, 6.07) is 12.5. The van der Waals surface area contributed by atoms with Crippen LogP contribution in [0.4, 0.5) is 10.1 Å². The lowest BCUT2D eigenvalue weighted by Gasteiger charge is -2.21. The number of esters is 1. The van der Waals surface area contributed by atoms with Gasteiger partial charge in [0.25, 0.3) is 11.8 Å². The van der Waals surface area contributed by atoms with Crippen molar-refractivity contribution in [2.24, 2.45) is 5.92 Å². The summed E-state index contributed by atoms with van der Waals surface area (Å²) in [6.07, 6.45) is 0. The maximum Gasteiger partial charge on any atom is 0.329 e. The van der Waals surface area contributed by atoms with E-state index in [9.17, 15) is 18.8 Å². The van der Waals surface area contributed by atoms with E-state index in [-0.39, 0.29) is 11.5 Å². The third-order valence-electron chi connectivity index (χ3n) is 3.95. The van der Waals surface area contributed by atoms with Gasteiger partial charge in [-0.05, 0) is 36.2 Å². The summed E-state index contributed by atoms with van der Waals surface area (Å²) < 4.78 is 18.8. The van der Waals surface area contributed by atoms with Crippen molar-refractivity contribution in [1.29, 1.82) is 5.26 Å². The number of anilines is 1. The molecule has 0 aromatic heterocycles. The summed E-state index contributed by atoms with van der Waals surface area (Å²) in [5.41, 5.74) is 0.565. The van der Waals surface area contributed by atoms with Crippen LogP contribution < -0.4 is 10.6 Å². The molecular formula is C21H20FN3O4. The van der Waals surface area contributed by atoms with Crippen molar-refractivity contribution in [2.75, 3.05) is 11.9 Å². The van der Waals surface area contributed by atoms with Crippen LogP contribution in [0.2, 0.25) is 0 Å². The molecule has 0 aliphatic carbocycles. The van der Waals surface area contributed by atoms with E-state index in [0.717, 1.165) is 6.07 Å². The predicted octanol–water partition coefficient (Wildman–Crippen LogP) is 2.63. The van der Waals surface area contributed by atoms with Gasteiger partial charge in [-0.3, -0.25) is 9.59 Å². The summed E-state index contributed by atoms with van der Waals surface area (Å²) >= 11 is 0. The number of hydrogen-bond donors (Lipinski definition) is 2. The van der Waals surface area contributed by atoms with E-state index in [1.807, 2.05) is 6.07 Å². The number of benzene rings is 2. The highest BCUT2D eigenvalue weighted by Crippen LogP contribution is 2.11. The lowest BCUT2D eigenvalue weighted by Crippen LogP contribution is -2.46. The first-order valence-electron chi connectivity index (χ1n) is 8.84. The Morgan fingerprint density at radius 1 is 1.14 bits per heavy atom. The van der Waals surface area contributed by atoms with Gasteiger partial charge < -0.3 is 15.4 Å². The Morgan fingerprint density at radius 2 is 1.86 bits per heavy atom. The van der Waals surface area contributed by atoms with Gasteiger partial charge in [0.2, 0.25) is 0 Å². The second-order valence-corrected chi connectivity index (χ2v) is 6.52. The molecule has 0 saturated carbocycles. The Morgan fingerprint density at radius 3 is 2.52 bits per heavy atom. The third-order valence-corrected chi connectivity index (χ3v) is 3.95. The fourth-order valence-electron chi connectivity index (χ4n) is 2.45. The number of hydrogen-bond acceptors (Lipinski definition) is 5. The molecule has 7 nitrogen and oxygen atoms in total. The zero-order valence-corrected chi connectivity index (χ0v) is 15.9. The molecule has 0 saturated heterocycles. The van der Waals surface area contributed by atoms with Crippen molar-refractivity contribution in [3.63, 3.8) is 0 Å². The smallest absolute Gasteiger partial charge is 0.329 e. The van der Waals surface area contributed by atoms with Crippen LogP contribution in [0.15, 0.2) is 48.5 Å². The Kier molecular flexibility index (Phi) is 7.43. The van der Waals surface area contributed by atoms with E-state index in [1.54, 1.807) is 32.0 Å². The molecular weight excluding hydrogens is 377 g/mol. The molecule has 1 atom stereocenters. The van der Waals surface area contributed by atoms with Gasteiger partial charge in [0.05, 0.1) is 17.2 Å².